The van der Waals surface area contributed by atoms with E-state index in [9.17, 15) is 0 Å². The van der Waals surface area contributed by atoms with Crippen LogP contribution in [0.5, 0.6) is 0 Å². The van der Waals surface area contributed by atoms with Crippen molar-refractivity contribution in [3.05, 3.63) is 0 Å². The molecule has 0 aromatic heterocycles. The summed E-state index contributed by atoms with van der Waals surface area (Å²) in [6.45, 7) is 3.91. The van der Waals surface area contributed by atoms with Crippen molar-refractivity contribution in [2.24, 2.45) is 5.92 Å². The molecule has 2 fully saturated rings. The molecule has 0 saturated carbocycles. The van der Waals surface area contributed by atoms with Crippen molar-refractivity contribution in [3.8, 4) is 0 Å². The molecule has 2 heterocycles. The molecule has 0 amide bonds. The third kappa shape index (κ3) is 0.594. The molecule has 2 saturated heterocycles. The van der Waals surface area contributed by atoms with E-state index >= 15 is 0 Å². The molecule has 46 valence electrons. The predicted octanol–water partition coefficient (Wildman–Crippen LogP) is 0.620. The van der Waals surface area contributed by atoms with Gasteiger partial charge >= 0.3 is 0 Å². The molecule has 2 heteroatoms. The van der Waals surface area contributed by atoms with Crippen molar-refractivity contribution in [2.45, 2.75) is 11.7 Å². The summed E-state index contributed by atoms with van der Waals surface area (Å²) in [7, 11) is 0. The van der Waals surface area contributed by atoms with Gasteiger partial charge in [-0.05, 0) is 18.9 Å². The highest BCUT2D eigenvalue weighted by Crippen LogP contribution is 2.30. The van der Waals surface area contributed by atoms with Crippen LogP contribution in [0.2, 0.25) is 0 Å². The van der Waals surface area contributed by atoms with Crippen molar-refractivity contribution >= 4 is 12.6 Å². The number of thiol groups is 1. The molecule has 0 N–H and O–H groups in total. The molecule has 0 radical (unpaired) electrons. The van der Waals surface area contributed by atoms with Gasteiger partial charge in [-0.3, -0.25) is 0 Å². The second-order valence-corrected chi connectivity index (χ2v) is 3.54. The molecular weight excluding hydrogens is 118 g/mol. The quantitative estimate of drug-likeness (QED) is 0.469. The fraction of sp³-hybridized carbons (Fsp3) is 1.00. The van der Waals surface area contributed by atoms with Gasteiger partial charge in [0.05, 0.1) is 0 Å². The number of hydrogen-bond acceptors (Lipinski definition) is 2. The van der Waals surface area contributed by atoms with Crippen LogP contribution >= 0.6 is 12.6 Å². The maximum Gasteiger partial charge on any atom is 0.0185 e. The summed E-state index contributed by atoms with van der Waals surface area (Å²) < 4.78 is 0. The lowest BCUT2D eigenvalue weighted by atomic mass is 10.1. The smallest absolute Gasteiger partial charge is 0.0185 e. The Kier molecular flexibility index (Phi) is 1.05. The second kappa shape index (κ2) is 1.64. The molecule has 2 aliphatic rings. The van der Waals surface area contributed by atoms with E-state index in [1.54, 1.807) is 0 Å². The highest BCUT2D eigenvalue weighted by atomic mass is 32.1. The van der Waals surface area contributed by atoms with Gasteiger partial charge in [0.2, 0.25) is 0 Å². The van der Waals surface area contributed by atoms with Crippen LogP contribution < -0.4 is 0 Å². The van der Waals surface area contributed by atoms with Gasteiger partial charge in [0.25, 0.3) is 0 Å². The van der Waals surface area contributed by atoms with Gasteiger partial charge in [0, 0.05) is 18.3 Å². The Balaban J connectivity index is 2.11. The Labute approximate surface area is 55.5 Å². The standard InChI is InChI=1S/C6H11NS/c8-6-4-7-2-1-5(6)3-7/h5-6,8H,1-4H2. The van der Waals surface area contributed by atoms with E-state index in [4.69, 9.17) is 0 Å². The first-order valence-corrected chi connectivity index (χ1v) is 3.78. The lowest BCUT2D eigenvalue weighted by Crippen LogP contribution is -2.23. The minimum Gasteiger partial charge on any atom is -0.302 e. The van der Waals surface area contributed by atoms with E-state index < -0.39 is 0 Å². The zero-order chi connectivity index (χ0) is 5.56. The highest BCUT2D eigenvalue weighted by molar-refractivity contribution is 7.81. The third-order valence-corrected chi connectivity index (χ3v) is 2.88. The Morgan fingerprint density at radius 1 is 1.38 bits per heavy atom. The van der Waals surface area contributed by atoms with Crippen LogP contribution in [-0.2, 0) is 0 Å². The van der Waals surface area contributed by atoms with E-state index in [1.165, 1.54) is 26.1 Å². The molecule has 0 spiro atoms. The van der Waals surface area contributed by atoms with Crippen LogP contribution in [-0.4, -0.2) is 29.8 Å². The maximum absolute atomic E-state index is 4.46. The van der Waals surface area contributed by atoms with Crippen LogP contribution in [0, 0.1) is 5.92 Å². The molecular formula is C6H11NS. The molecule has 3 unspecified atom stereocenters. The first kappa shape index (κ1) is 5.12. The molecule has 3 atom stereocenters. The summed E-state index contributed by atoms with van der Waals surface area (Å²) in [5.74, 6) is 0.929. The van der Waals surface area contributed by atoms with Crippen LogP contribution in [0.1, 0.15) is 6.42 Å². The average molecular weight is 129 g/mol. The van der Waals surface area contributed by atoms with Gasteiger partial charge in [-0.15, -0.1) is 0 Å². The second-order valence-electron chi connectivity index (χ2n) is 2.88. The molecule has 0 aromatic rings. The Hall–Kier alpha value is 0.310. The lowest BCUT2D eigenvalue weighted by Gasteiger charge is -2.16. The monoisotopic (exact) mass is 129 g/mol. The normalized spacial score (nSPS) is 52.9. The van der Waals surface area contributed by atoms with E-state index in [2.05, 4.69) is 17.5 Å². The fourth-order valence-corrected chi connectivity index (χ4v) is 2.23. The molecule has 2 bridgehead atoms. The third-order valence-electron chi connectivity index (χ3n) is 2.30. The Bertz CT molecular complexity index is 103. The lowest BCUT2D eigenvalue weighted by molar-refractivity contribution is 0.372. The van der Waals surface area contributed by atoms with Crippen LogP contribution in [0.3, 0.4) is 0 Å². The Morgan fingerprint density at radius 2 is 2.25 bits per heavy atom. The van der Waals surface area contributed by atoms with Crippen molar-refractivity contribution in [2.75, 3.05) is 19.6 Å². The summed E-state index contributed by atoms with van der Waals surface area (Å²) in [4.78, 5) is 2.50. The molecule has 0 aliphatic carbocycles. The molecule has 2 aliphatic heterocycles. The largest absolute Gasteiger partial charge is 0.302 e. The van der Waals surface area contributed by atoms with Gasteiger partial charge in [-0.25, -0.2) is 0 Å². The summed E-state index contributed by atoms with van der Waals surface area (Å²) >= 11 is 4.46. The number of fused-ring (bicyclic) bond motifs is 2. The van der Waals surface area contributed by atoms with Crippen LogP contribution in [0.4, 0.5) is 0 Å². The minimum atomic E-state index is 0.698. The SMILES string of the molecule is SC1CN2CCC1C2. The zero-order valence-electron chi connectivity index (χ0n) is 4.88. The summed E-state index contributed by atoms with van der Waals surface area (Å²) in [6, 6.07) is 0. The van der Waals surface area contributed by atoms with E-state index in [0.717, 1.165) is 5.92 Å². The number of rotatable bonds is 0. The topological polar surface area (TPSA) is 3.24 Å². The fourth-order valence-electron chi connectivity index (χ4n) is 1.76. The molecule has 1 nitrogen and oxygen atoms in total. The zero-order valence-corrected chi connectivity index (χ0v) is 5.77. The Morgan fingerprint density at radius 3 is 2.50 bits per heavy atom. The molecule has 2 rings (SSSR count). The summed E-state index contributed by atoms with van der Waals surface area (Å²) in [6.07, 6.45) is 1.40. The molecule has 0 aromatic carbocycles. The van der Waals surface area contributed by atoms with Gasteiger partial charge < -0.3 is 4.90 Å². The number of nitrogens with zero attached hydrogens (tertiary/aromatic N) is 1. The summed E-state index contributed by atoms with van der Waals surface area (Å²) in [5, 5.41) is 0.698. The van der Waals surface area contributed by atoms with E-state index in [0.29, 0.717) is 5.25 Å². The number of hydrogen-bond donors (Lipinski definition) is 1. The minimum absolute atomic E-state index is 0.698. The summed E-state index contributed by atoms with van der Waals surface area (Å²) in [5.41, 5.74) is 0. The van der Waals surface area contributed by atoms with Gasteiger partial charge in [-0.1, -0.05) is 0 Å². The van der Waals surface area contributed by atoms with E-state index in [1.807, 2.05) is 0 Å². The highest BCUT2D eigenvalue weighted by Gasteiger charge is 2.35. The van der Waals surface area contributed by atoms with Crippen molar-refractivity contribution in [1.29, 1.82) is 0 Å². The van der Waals surface area contributed by atoms with E-state index in [-0.39, 0.29) is 0 Å². The van der Waals surface area contributed by atoms with Gasteiger partial charge in [0.1, 0.15) is 0 Å². The average Bonchev–Trinajstić information content (AvgIpc) is 2.23. The first-order chi connectivity index (χ1) is 3.86. The first-order valence-electron chi connectivity index (χ1n) is 3.26. The van der Waals surface area contributed by atoms with Gasteiger partial charge in [-0.2, -0.15) is 12.6 Å². The van der Waals surface area contributed by atoms with Crippen LogP contribution in [0.15, 0.2) is 0 Å². The number of piperidine rings is 1. The van der Waals surface area contributed by atoms with Gasteiger partial charge in [0.15, 0.2) is 0 Å². The molecule has 8 heavy (non-hydrogen) atoms. The maximum atomic E-state index is 4.46. The van der Waals surface area contributed by atoms with Crippen molar-refractivity contribution < 1.29 is 0 Å². The van der Waals surface area contributed by atoms with Crippen molar-refractivity contribution in [1.82, 2.24) is 4.90 Å². The van der Waals surface area contributed by atoms with Crippen LogP contribution in [0.25, 0.3) is 0 Å². The predicted molar refractivity (Wildman–Crippen MR) is 37.3 cm³/mol. The van der Waals surface area contributed by atoms with Crippen molar-refractivity contribution in [3.63, 3.8) is 0 Å².